The second-order valence-corrected chi connectivity index (χ2v) is 7.29. The van der Waals surface area contributed by atoms with Crippen molar-refractivity contribution in [3.8, 4) is 5.75 Å². The van der Waals surface area contributed by atoms with E-state index in [-0.39, 0.29) is 0 Å². The molecule has 3 aromatic carbocycles. The van der Waals surface area contributed by atoms with E-state index in [4.69, 9.17) is 16.3 Å². The third-order valence-corrected chi connectivity index (χ3v) is 4.85. The fraction of sp³-hybridized carbons (Fsp3) is 0.0476. The van der Waals surface area contributed by atoms with E-state index in [2.05, 4.69) is 31.4 Å². The lowest BCUT2D eigenvalue weighted by Crippen LogP contribution is -1.98. The minimum absolute atomic E-state index is 0.468. The Hall–Kier alpha value is -2.63. The van der Waals surface area contributed by atoms with Crippen LogP contribution < -0.4 is 10.1 Å². The van der Waals surface area contributed by atoms with Gasteiger partial charge in [0.05, 0.1) is 11.2 Å². The first-order chi connectivity index (χ1) is 13.2. The molecule has 1 heterocycles. The third-order valence-electron chi connectivity index (χ3n) is 4.06. The van der Waals surface area contributed by atoms with E-state index in [1.165, 1.54) is 0 Å². The van der Waals surface area contributed by atoms with Crippen molar-refractivity contribution >= 4 is 49.8 Å². The molecule has 0 radical (unpaired) electrons. The Morgan fingerprint density at radius 2 is 1.85 bits per heavy atom. The molecule has 0 aliphatic carbocycles. The molecule has 0 saturated heterocycles. The predicted octanol–water partition coefficient (Wildman–Crippen LogP) is 6.37. The van der Waals surface area contributed by atoms with Gasteiger partial charge in [-0.25, -0.2) is 0 Å². The van der Waals surface area contributed by atoms with Gasteiger partial charge in [-0.1, -0.05) is 63.9 Å². The van der Waals surface area contributed by atoms with Crippen LogP contribution in [0.1, 0.15) is 5.56 Å². The Kier molecular flexibility index (Phi) is 5.23. The SMILES string of the molecule is Clc1cc(Nc2nncc3ccc(Br)cc23)ccc1OCc1ccccc1. The highest BCUT2D eigenvalue weighted by atomic mass is 79.9. The topological polar surface area (TPSA) is 47.0 Å². The first-order valence-corrected chi connectivity index (χ1v) is 9.50. The minimum atomic E-state index is 0.468. The molecule has 0 bridgehead atoms. The summed E-state index contributed by atoms with van der Waals surface area (Å²) in [5, 5.41) is 14.1. The molecule has 0 aliphatic rings. The quantitative estimate of drug-likeness (QED) is 0.392. The summed E-state index contributed by atoms with van der Waals surface area (Å²) < 4.78 is 6.80. The standard InChI is InChI=1S/C21H15BrClN3O/c22-16-7-6-15-12-24-26-21(18(15)10-16)25-17-8-9-20(19(23)11-17)27-13-14-4-2-1-3-5-14/h1-12H,13H2,(H,25,26). The number of rotatable bonds is 5. The molecule has 27 heavy (non-hydrogen) atoms. The van der Waals surface area contributed by atoms with Crippen LogP contribution in [0.2, 0.25) is 5.02 Å². The molecule has 0 spiro atoms. The zero-order valence-electron chi connectivity index (χ0n) is 14.2. The fourth-order valence-corrected chi connectivity index (χ4v) is 3.31. The zero-order valence-corrected chi connectivity index (χ0v) is 16.5. The highest BCUT2D eigenvalue weighted by Gasteiger charge is 2.08. The van der Waals surface area contributed by atoms with Crippen LogP contribution >= 0.6 is 27.5 Å². The van der Waals surface area contributed by atoms with E-state index in [1.807, 2.05) is 66.7 Å². The Labute approximate surface area is 170 Å². The van der Waals surface area contributed by atoms with Crippen LogP contribution in [-0.2, 0) is 6.61 Å². The summed E-state index contributed by atoms with van der Waals surface area (Å²) >= 11 is 9.89. The van der Waals surface area contributed by atoms with Crippen molar-refractivity contribution in [3.63, 3.8) is 0 Å². The van der Waals surface area contributed by atoms with E-state index >= 15 is 0 Å². The van der Waals surface area contributed by atoms with Crippen LogP contribution in [0.4, 0.5) is 11.5 Å². The lowest BCUT2D eigenvalue weighted by molar-refractivity contribution is 0.306. The van der Waals surface area contributed by atoms with E-state index in [0.29, 0.717) is 23.2 Å². The van der Waals surface area contributed by atoms with Crippen LogP contribution in [0.25, 0.3) is 10.8 Å². The molecular formula is C21H15BrClN3O. The maximum absolute atomic E-state index is 6.40. The summed E-state index contributed by atoms with van der Waals surface area (Å²) in [7, 11) is 0. The van der Waals surface area contributed by atoms with Gasteiger partial charge in [0.1, 0.15) is 12.4 Å². The van der Waals surface area contributed by atoms with Gasteiger partial charge in [0.2, 0.25) is 0 Å². The molecule has 6 heteroatoms. The van der Waals surface area contributed by atoms with E-state index in [0.717, 1.165) is 26.5 Å². The summed E-state index contributed by atoms with van der Waals surface area (Å²) in [6.07, 6.45) is 1.74. The molecule has 4 aromatic rings. The molecule has 1 N–H and O–H groups in total. The first-order valence-electron chi connectivity index (χ1n) is 8.33. The molecule has 134 valence electrons. The van der Waals surface area contributed by atoms with Gasteiger partial charge in [-0.3, -0.25) is 0 Å². The number of benzene rings is 3. The molecule has 0 amide bonds. The molecule has 0 aliphatic heterocycles. The minimum Gasteiger partial charge on any atom is -0.487 e. The Balaban J connectivity index is 1.54. The van der Waals surface area contributed by atoms with Gasteiger partial charge in [-0.2, -0.15) is 5.10 Å². The smallest absolute Gasteiger partial charge is 0.161 e. The van der Waals surface area contributed by atoms with E-state index < -0.39 is 0 Å². The lowest BCUT2D eigenvalue weighted by Gasteiger charge is -2.12. The van der Waals surface area contributed by atoms with Gasteiger partial charge in [-0.15, -0.1) is 5.10 Å². The van der Waals surface area contributed by atoms with Crippen LogP contribution in [0.5, 0.6) is 5.75 Å². The normalized spacial score (nSPS) is 10.7. The number of aromatic nitrogens is 2. The number of hydrogen-bond acceptors (Lipinski definition) is 4. The van der Waals surface area contributed by atoms with Crippen molar-refractivity contribution in [2.24, 2.45) is 0 Å². The monoisotopic (exact) mass is 439 g/mol. The zero-order chi connectivity index (χ0) is 18.6. The molecule has 0 fully saturated rings. The second-order valence-electron chi connectivity index (χ2n) is 5.97. The second kappa shape index (κ2) is 7.94. The van der Waals surface area contributed by atoms with Gasteiger partial charge in [0, 0.05) is 20.9 Å². The Morgan fingerprint density at radius 3 is 2.67 bits per heavy atom. The van der Waals surface area contributed by atoms with Crippen molar-refractivity contribution in [3.05, 3.63) is 88.0 Å². The van der Waals surface area contributed by atoms with E-state index in [9.17, 15) is 0 Å². The molecular weight excluding hydrogens is 426 g/mol. The first kappa shape index (κ1) is 17.8. The van der Waals surface area contributed by atoms with Gasteiger partial charge in [0.25, 0.3) is 0 Å². The average molecular weight is 441 g/mol. The Bertz CT molecular complexity index is 1090. The van der Waals surface area contributed by atoms with Gasteiger partial charge < -0.3 is 10.1 Å². The number of nitrogens with one attached hydrogen (secondary N) is 1. The number of anilines is 2. The number of hydrogen-bond donors (Lipinski definition) is 1. The van der Waals surface area contributed by atoms with Gasteiger partial charge >= 0.3 is 0 Å². The molecule has 0 unspecified atom stereocenters. The molecule has 0 saturated carbocycles. The maximum atomic E-state index is 6.40. The van der Waals surface area contributed by atoms with Crippen molar-refractivity contribution in [1.82, 2.24) is 10.2 Å². The van der Waals surface area contributed by atoms with Crippen LogP contribution in [-0.4, -0.2) is 10.2 Å². The van der Waals surface area contributed by atoms with Gasteiger partial charge in [0.15, 0.2) is 5.82 Å². The number of halogens is 2. The van der Waals surface area contributed by atoms with Crippen LogP contribution in [0.15, 0.2) is 77.4 Å². The summed E-state index contributed by atoms with van der Waals surface area (Å²) in [5.41, 5.74) is 1.90. The molecule has 1 aromatic heterocycles. The molecule has 0 atom stereocenters. The summed E-state index contributed by atoms with van der Waals surface area (Å²) in [5.74, 6) is 1.31. The molecule has 4 nitrogen and oxygen atoms in total. The highest BCUT2D eigenvalue weighted by molar-refractivity contribution is 9.10. The number of nitrogens with zero attached hydrogens (tertiary/aromatic N) is 2. The van der Waals surface area contributed by atoms with Crippen molar-refractivity contribution < 1.29 is 4.74 Å². The average Bonchev–Trinajstić information content (AvgIpc) is 2.69. The van der Waals surface area contributed by atoms with Crippen molar-refractivity contribution in [2.45, 2.75) is 6.61 Å². The van der Waals surface area contributed by atoms with Crippen LogP contribution in [0.3, 0.4) is 0 Å². The number of ether oxygens (including phenoxy) is 1. The largest absolute Gasteiger partial charge is 0.487 e. The Morgan fingerprint density at radius 1 is 1.00 bits per heavy atom. The summed E-state index contributed by atoms with van der Waals surface area (Å²) in [4.78, 5) is 0. The maximum Gasteiger partial charge on any atom is 0.161 e. The van der Waals surface area contributed by atoms with Crippen molar-refractivity contribution in [2.75, 3.05) is 5.32 Å². The summed E-state index contributed by atoms with van der Waals surface area (Å²) in [6.45, 7) is 0.468. The predicted molar refractivity (Wildman–Crippen MR) is 113 cm³/mol. The van der Waals surface area contributed by atoms with Gasteiger partial charge in [-0.05, 0) is 35.9 Å². The summed E-state index contributed by atoms with van der Waals surface area (Å²) in [6, 6.07) is 21.5. The van der Waals surface area contributed by atoms with E-state index in [1.54, 1.807) is 6.20 Å². The third kappa shape index (κ3) is 4.21. The van der Waals surface area contributed by atoms with Crippen molar-refractivity contribution in [1.29, 1.82) is 0 Å². The lowest BCUT2D eigenvalue weighted by atomic mass is 10.2. The highest BCUT2D eigenvalue weighted by Crippen LogP contribution is 2.31. The fourth-order valence-electron chi connectivity index (χ4n) is 2.71. The van der Waals surface area contributed by atoms with Crippen LogP contribution in [0, 0.1) is 0 Å². The molecule has 4 rings (SSSR count). The number of fused-ring (bicyclic) bond motifs is 1.